The van der Waals surface area contributed by atoms with Crippen molar-refractivity contribution in [1.82, 2.24) is 9.29 Å². The molecule has 6 nitrogen and oxygen atoms in total. The van der Waals surface area contributed by atoms with E-state index >= 15 is 0 Å². The lowest BCUT2D eigenvalue weighted by molar-refractivity contribution is -0.0640. The monoisotopic (exact) mass is 310 g/mol. The number of morpholine rings is 1. The fraction of sp³-hybridized carbons (Fsp3) is 0.500. The van der Waals surface area contributed by atoms with Crippen LogP contribution in [-0.2, 0) is 14.8 Å². The lowest BCUT2D eigenvalue weighted by Gasteiger charge is -2.37. The van der Waals surface area contributed by atoms with Gasteiger partial charge in [-0.25, -0.2) is 8.42 Å². The molecule has 0 saturated carbocycles. The zero-order valence-electron chi connectivity index (χ0n) is 12.0. The van der Waals surface area contributed by atoms with Crippen LogP contribution in [0.15, 0.2) is 23.4 Å². The third kappa shape index (κ3) is 3.80. The lowest BCUT2D eigenvalue weighted by atomic mass is 10.1. The summed E-state index contributed by atoms with van der Waals surface area (Å²) < 4.78 is 32.2. The van der Waals surface area contributed by atoms with Gasteiger partial charge in [0.15, 0.2) is 0 Å². The molecule has 0 atom stereocenters. The average molecular weight is 310 g/mol. The molecule has 7 heteroatoms. The first-order valence-corrected chi connectivity index (χ1v) is 7.98. The molecule has 0 unspecified atom stereocenters. The maximum Gasteiger partial charge on any atom is 0.244 e. The summed E-state index contributed by atoms with van der Waals surface area (Å²) in [6.07, 6.45) is 2.77. The second kappa shape index (κ2) is 6.12. The topological polar surface area (TPSA) is 79.7 Å². The second-order valence-corrected chi connectivity index (χ2v) is 7.25. The first-order valence-electron chi connectivity index (χ1n) is 6.54. The van der Waals surface area contributed by atoms with Gasteiger partial charge in [-0.3, -0.25) is 4.98 Å². The van der Waals surface area contributed by atoms with Crippen LogP contribution in [0, 0.1) is 11.8 Å². The molecule has 0 bridgehead atoms. The molecule has 114 valence electrons. The predicted molar refractivity (Wildman–Crippen MR) is 77.0 cm³/mol. The minimum atomic E-state index is -3.62. The average Bonchev–Trinajstić information content (AvgIpc) is 2.44. The molecule has 0 spiro atoms. The highest BCUT2D eigenvalue weighted by Gasteiger charge is 2.35. The molecule has 1 aromatic heterocycles. The van der Waals surface area contributed by atoms with Crippen LogP contribution in [0.5, 0.6) is 0 Å². The van der Waals surface area contributed by atoms with Gasteiger partial charge >= 0.3 is 0 Å². The number of aliphatic hydroxyl groups excluding tert-OH is 1. The third-order valence-electron chi connectivity index (χ3n) is 3.05. The normalized spacial score (nSPS) is 18.8. The number of nitrogens with zero attached hydrogens (tertiary/aromatic N) is 2. The summed E-state index contributed by atoms with van der Waals surface area (Å²) in [6.45, 7) is 4.41. The number of rotatable bonds is 2. The van der Waals surface area contributed by atoms with E-state index in [0.717, 1.165) is 0 Å². The minimum Gasteiger partial charge on any atom is -0.384 e. The summed E-state index contributed by atoms with van der Waals surface area (Å²) in [5.74, 6) is 5.13. The minimum absolute atomic E-state index is 0.102. The number of hydrogen-bond donors (Lipinski definition) is 1. The first-order chi connectivity index (χ1) is 9.85. The van der Waals surface area contributed by atoms with Gasteiger partial charge in [-0.05, 0) is 19.9 Å². The molecule has 0 aliphatic carbocycles. The summed E-state index contributed by atoms with van der Waals surface area (Å²) >= 11 is 0. The Labute approximate surface area is 124 Å². The Morgan fingerprint density at radius 2 is 2.24 bits per heavy atom. The summed E-state index contributed by atoms with van der Waals surface area (Å²) in [5, 5.41) is 8.68. The van der Waals surface area contributed by atoms with Gasteiger partial charge in [-0.1, -0.05) is 11.8 Å². The van der Waals surface area contributed by atoms with Gasteiger partial charge in [0.2, 0.25) is 10.0 Å². The Balaban J connectivity index is 2.31. The van der Waals surface area contributed by atoms with Crippen molar-refractivity contribution in [2.24, 2.45) is 0 Å². The van der Waals surface area contributed by atoms with Gasteiger partial charge in [0.1, 0.15) is 11.5 Å². The van der Waals surface area contributed by atoms with Gasteiger partial charge in [0.05, 0.1) is 12.2 Å². The van der Waals surface area contributed by atoms with Crippen molar-refractivity contribution >= 4 is 10.0 Å². The zero-order valence-corrected chi connectivity index (χ0v) is 12.9. The van der Waals surface area contributed by atoms with Crippen LogP contribution >= 0.6 is 0 Å². The Hall–Kier alpha value is -1.46. The number of pyridine rings is 1. The largest absolute Gasteiger partial charge is 0.384 e. The van der Waals surface area contributed by atoms with Crippen molar-refractivity contribution in [2.45, 2.75) is 24.3 Å². The Kier molecular flexibility index (Phi) is 4.64. The highest BCUT2D eigenvalue weighted by atomic mass is 32.2. The zero-order chi connectivity index (χ0) is 15.5. The number of aliphatic hydroxyl groups is 1. The molecule has 2 heterocycles. The fourth-order valence-corrected chi connectivity index (χ4v) is 3.66. The molecule has 1 aliphatic heterocycles. The smallest absolute Gasteiger partial charge is 0.244 e. The van der Waals surface area contributed by atoms with Crippen molar-refractivity contribution in [1.29, 1.82) is 0 Å². The van der Waals surface area contributed by atoms with E-state index in [9.17, 15) is 8.42 Å². The van der Waals surface area contributed by atoms with Gasteiger partial charge < -0.3 is 9.84 Å². The van der Waals surface area contributed by atoms with E-state index in [1.807, 2.05) is 13.8 Å². The van der Waals surface area contributed by atoms with E-state index in [4.69, 9.17) is 9.84 Å². The summed E-state index contributed by atoms with van der Waals surface area (Å²) in [5.41, 5.74) is -0.0507. The van der Waals surface area contributed by atoms with Crippen molar-refractivity contribution in [2.75, 3.05) is 26.3 Å². The van der Waals surface area contributed by atoms with Gasteiger partial charge in [-0.2, -0.15) is 4.31 Å². The Morgan fingerprint density at radius 1 is 1.48 bits per heavy atom. The van der Waals surface area contributed by atoms with Crippen LogP contribution in [0.25, 0.3) is 0 Å². The van der Waals surface area contributed by atoms with E-state index < -0.39 is 15.6 Å². The Bertz CT molecular complexity index is 674. The van der Waals surface area contributed by atoms with Gasteiger partial charge in [0, 0.05) is 31.0 Å². The van der Waals surface area contributed by atoms with Gasteiger partial charge in [0.25, 0.3) is 0 Å². The first kappa shape index (κ1) is 15.9. The molecule has 1 aromatic rings. The maximum absolute atomic E-state index is 12.6. The summed E-state index contributed by atoms with van der Waals surface area (Å²) in [6, 6.07) is 1.47. The number of sulfonamides is 1. The molecular formula is C14H18N2O4S. The molecule has 1 aliphatic rings. The number of ether oxygens (including phenoxy) is 1. The van der Waals surface area contributed by atoms with Crippen molar-refractivity contribution < 1.29 is 18.3 Å². The predicted octanol–water partition coefficient (Wildman–Crippen LogP) is 0.225. The van der Waals surface area contributed by atoms with Crippen LogP contribution in [0.2, 0.25) is 0 Å². The molecule has 0 amide bonds. The third-order valence-corrected chi connectivity index (χ3v) is 4.86. The molecule has 0 radical (unpaired) electrons. The lowest BCUT2D eigenvalue weighted by Crippen LogP contribution is -2.50. The van der Waals surface area contributed by atoms with Crippen LogP contribution < -0.4 is 0 Å². The molecule has 1 N–H and O–H groups in total. The molecule has 1 saturated heterocycles. The van der Waals surface area contributed by atoms with Crippen LogP contribution in [-0.4, -0.2) is 54.7 Å². The fourth-order valence-electron chi connectivity index (χ4n) is 2.10. The molecule has 0 aromatic carbocycles. The van der Waals surface area contributed by atoms with E-state index in [2.05, 4.69) is 16.8 Å². The number of hydrogen-bond acceptors (Lipinski definition) is 5. The highest BCUT2D eigenvalue weighted by molar-refractivity contribution is 7.89. The van der Waals surface area contributed by atoms with Crippen LogP contribution in [0.3, 0.4) is 0 Å². The SMILES string of the molecule is CC1(C)CN(S(=O)(=O)c2cncc(C#CCO)c2)CCO1. The molecule has 21 heavy (non-hydrogen) atoms. The van der Waals surface area contributed by atoms with E-state index in [0.29, 0.717) is 25.3 Å². The molecule has 2 rings (SSSR count). The van der Waals surface area contributed by atoms with E-state index in [1.54, 1.807) is 0 Å². The second-order valence-electron chi connectivity index (χ2n) is 5.32. The van der Waals surface area contributed by atoms with Crippen LogP contribution in [0.1, 0.15) is 19.4 Å². The van der Waals surface area contributed by atoms with Crippen molar-refractivity contribution in [3.63, 3.8) is 0 Å². The van der Waals surface area contributed by atoms with E-state index in [1.165, 1.54) is 22.8 Å². The van der Waals surface area contributed by atoms with Crippen molar-refractivity contribution in [3.05, 3.63) is 24.0 Å². The van der Waals surface area contributed by atoms with E-state index in [-0.39, 0.29) is 11.5 Å². The quantitative estimate of drug-likeness (QED) is 0.791. The Morgan fingerprint density at radius 3 is 2.90 bits per heavy atom. The summed E-state index contributed by atoms with van der Waals surface area (Å²) in [7, 11) is -3.62. The molecular weight excluding hydrogens is 292 g/mol. The summed E-state index contributed by atoms with van der Waals surface area (Å²) in [4.78, 5) is 4.02. The standard InChI is InChI=1S/C14H18N2O4S/c1-14(2)11-16(5-7-20-14)21(18,19)13-8-12(4-3-6-17)9-15-10-13/h8-10,17H,5-7,11H2,1-2H3. The van der Waals surface area contributed by atoms with Crippen molar-refractivity contribution in [3.8, 4) is 11.8 Å². The van der Waals surface area contributed by atoms with Crippen LogP contribution in [0.4, 0.5) is 0 Å². The van der Waals surface area contributed by atoms with Gasteiger partial charge in [-0.15, -0.1) is 0 Å². The maximum atomic E-state index is 12.6. The molecule has 1 fully saturated rings. The number of aromatic nitrogens is 1. The highest BCUT2D eigenvalue weighted by Crippen LogP contribution is 2.23.